The first-order chi connectivity index (χ1) is 10.4. The Morgan fingerprint density at radius 3 is 2.64 bits per heavy atom. The highest BCUT2D eigenvalue weighted by Crippen LogP contribution is 2.33. The van der Waals surface area contributed by atoms with Crippen LogP contribution in [0.4, 0.5) is 13.2 Å². The second-order valence-corrected chi connectivity index (χ2v) is 4.78. The number of furan rings is 1. The lowest BCUT2D eigenvalue weighted by Gasteiger charge is -2.13. The first-order valence-electron chi connectivity index (χ1n) is 6.15. The summed E-state index contributed by atoms with van der Waals surface area (Å²) in [5.74, 6) is -0.0397. The molecule has 0 aliphatic heterocycles. The molecule has 3 aromatic rings. The van der Waals surface area contributed by atoms with E-state index in [0.717, 1.165) is 12.1 Å². The van der Waals surface area contributed by atoms with Gasteiger partial charge in [0.2, 0.25) is 0 Å². The number of rotatable bonds is 2. The van der Waals surface area contributed by atoms with Crippen LogP contribution < -0.4 is 4.73 Å². The molecule has 0 saturated carbocycles. The molecule has 3 rings (SSSR count). The van der Waals surface area contributed by atoms with E-state index in [1.807, 2.05) is 0 Å². The minimum atomic E-state index is -4.52. The highest BCUT2D eigenvalue weighted by Gasteiger charge is 2.32. The number of hydrogen-bond acceptors (Lipinski definition) is 3. The topological polar surface area (TPSA) is 53.0 Å². The molecular formula is C14H8ClF3N2O2. The minimum Gasteiger partial charge on any atom is -0.710 e. The van der Waals surface area contributed by atoms with Crippen molar-refractivity contribution in [3.63, 3.8) is 0 Å². The summed E-state index contributed by atoms with van der Waals surface area (Å²) in [7, 11) is 0. The van der Waals surface area contributed by atoms with Gasteiger partial charge in [0, 0.05) is 0 Å². The van der Waals surface area contributed by atoms with Gasteiger partial charge in [-0.2, -0.15) is 13.2 Å². The van der Waals surface area contributed by atoms with Gasteiger partial charge in [0.15, 0.2) is 17.0 Å². The lowest BCUT2D eigenvalue weighted by Crippen LogP contribution is -2.35. The molecule has 0 aliphatic carbocycles. The summed E-state index contributed by atoms with van der Waals surface area (Å²) in [5, 5.41) is 12.4. The van der Waals surface area contributed by atoms with Crippen molar-refractivity contribution in [3.8, 4) is 11.5 Å². The Kier molecular flexibility index (Phi) is 3.44. The van der Waals surface area contributed by atoms with Crippen molar-refractivity contribution in [1.29, 1.82) is 0 Å². The maximum Gasteiger partial charge on any atom is 0.416 e. The molecule has 0 amide bonds. The van der Waals surface area contributed by atoms with Crippen LogP contribution in [0.1, 0.15) is 11.4 Å². The van der Waals surface area contributed by atoms with Gasteiger partial charge < -0.3 is 9.62 Å². The third kappa shape index (κ3) is 2.37. The number of alkyl halides is 4. The molecule has 114 valence electrons. The third-order valence-electron chi connectivity index (χ3n) is 3.14. The second kappa shape index (κ2) is 5.17. The average Bonchev–Trinajstić information content (AvgIpc) is 2.98. The van der Waals surface area contributed by atoms with E-state index >= 15 is 0 Å². The van der Waals surface area contributed by atoms with Gasteiger partial charge in [-0.25, -0.2) is 4.73 Å². The molecule has 1 aromatic carbocycles. The predicted octanol–water partition coefficient (Wildman–Crippen LogP) is 3.89. The summed E-state index contributed by atoms with van der Waals surface area (Å²) in [4.78, 5) is 4.00. The van der Waals surface area contributed by atoms with E-state index in [4.69, 9.17) is 16.0 Å². The largest absolute Gasteiger partial charge is 0.710 e. The van der Waals surface area contributed by atoms with Gasteiger partial charge in [-0.05, 0) is 35.3 Å². The van der Waals surface area contributed by atoms with E-state index < -0.39 is 11.7 Å². The molecule has 0 spiro atoms. The Hall–Kier alpha value is -2.28. The second-order valence-electron chi connectivity index (χ2n) is 4.51. The fourth-order valence-corrected chi connectivity index (χ4v) is 2.32. The van der Waals surface area contributed by atoms with E-state index in [2.05, 4.69) is 4.98 Å². The molecule has 8 heteroatoms. The first kappa shape index (κ1) is 14.6. The number of benzene rings is 1. The molecule has 2 aromatic heterocycles. The minimum absolute atomic E-state index is 0.0136. The van der Waals surface area contributed by atoms with E-state index in [9.17, 15) is 18.4 Å². The van der Waals surface area contributed by atoms with Gasteiger partial charge in [-0.3, -0.25) is 0 Å². The molecule has 2 heterocycles. The van der Waals surface area contributed by atoms with Crippen molar-refractivity contribution in [2.75, 3.05) is 0 Å². The lowest BCUT2D eigenvalue weighted by molar-refractivity contribution is -0.604. The average molecular weight is 329 g/mol. The van der Waals surface area contributed by atoms with Gasteiger partial charge >= 0.3 is 12.0 Å². The Morgan fingerprint density at radius 2 is 2.05 bits per heavy atom. The highest BCUT2D eigenvalue weighted by molar-refractivity contribution is 6.16. The van der Waals surface area contributed by atoms with Crippen LogP contribution in [0.25, 0.3) is 22.4 Å². The third-order valence-corrected chi connectivity index (χ3v) is 3.38. The van der Waals surface area contributed by atoms with Crippen LogP contribution in [0.5, 0.6) is 0 Å². The maximum atomic E-state index is 12.9. The normalized spacial score (nSPS) is 12.0. The van der Waals surface area contributed by atoms with Crippen molar-refractivity contribution in [1.82, 2.24) is 4.98 Å². The van der Waals surface area contributed by atoms with Gasteiger partial charge in [-0.15, -0.1) is 11.6 Å². The lowest BCUT2D eigenvalue weighted by atomic mass is 10.1. The van der Waals surface area contributed by atoms with Gasteiger partial charge in [0.1, 0.15) is 5.88 Å². The van der Waals surface area contributed by atoms with Crippen molar-refractivity contribution in [3.05, 3.63) is 53.2 Å². The molecule has 0 atom stereocenters. The highest BCUT2D eigenvalue weighted by atomic mass is 35.5. The van der Waals surface area contributed by atoms with Crippen LogP contribution in [0.2, 0.25) is 0 Å². The SMILES string of the molecule is [O-][n+]1c(CCl)nc2ccc(C(F)(F)F)cc2c1-c1ccco1. The molecule has 0 fully saturated rings. The van der Waals surface area contributed by atoms with Crippen LogP contribution in [0.3, 0.4) is 0 Å². The number of halogens is 4. The smallest absolute Gasteiger partial charge is 0.416 e. The summed E-state index contributed by atoms with van der Waals surface area (Å²) in [6.07, 6.45) is -3.19. The quantitative estimate of drug-likeness (QED) is 0.407. The van der Waals surface area contributed by atoms with Crippen LogP contribution in [-0.2, 0) is 12.1 Å². The van der Waals surface area contributed by atoms with Crippen molar-refractivity contribution in [2.45, 2.75) is 12.1 Å². The number of fused-ring (bicyclic) bond motifs is 1. The molecule has 0 saturated heterocycles. The molecule has 22 heavy (non-hydrogen) atoms. The fourth-order valence-electron chi connectivity index (χ4n) is 2.15. The first-order valence-corrected chi connectivity index (χ1v) is 6.68. The molecular weight excluding hydrogens is 321 g/mol. The Labute approximate surface area is 127 Å². The Bertz CT molecular complexity index is 832. The zero-order valence-corrected chi connectivity index (χ0v) is 11.6. The van der Waals surface area contributed by atoms with E-state index in [1.54, 1.807) is 0 Å². The van der Waals surface area contributed by atoms with Crippen molar-refractivity contribution >= 4 is 22.5 Å². The molecule has 0 aliphatic rings. The zero-order chi connectivity index (χ0) is 15.9. The van der Waals surface area contributed by atoms with Gasteiger partial charge in [0.25, 0.3) is 0 Å². The van der Waals surface area contributed by atoms with Crippen LogP contribution in [0.15, 0.2) is 41.0 Å². The molecule has 0 N–H and O–H groups in total. The van der Waals surface area contributed by atoms with E-state index in [-0.39, 0.29) is 34.1 Å². The van der Waals surface area contributed by atoms with Crippen molar-refractivity contribution in [2.24, 2.45) is 0 Å². The van der Waals surface area contributed by atoms with Crippen LogP contribution in [0, 0.1) is 5.21 Å². The van der Waals surface area contributed by atoms with Gasteiger partial charge in [-0.1, -0.05) is 0 Å². The summed E-state index contributed by atoms with van der Waals surface area (Å²) in [6, 6.07) is 6.03. The standard InChI is InChI=1S/C14H8ClF3N2O2/c15-7-12-19-10-4-3-8(14(16,17)18)6-9(10)13(20(12)21)11-2-1-5-22-11/h1-6H,7H2. The summed E-state index contributed by atoms with van der Waals surface area (Å²) in [5.41, 5.74) is -0.674. The summed E-state index contributed by atoms with van der Waals surface area (Å²) in [6.45, 7) is 0. The summed E-state index contributed by atoms with van der Waals surface area (Å²) >= 11 is 5.68. The van der Waals surface area contributed by atoms with Crippen LogP contribution in [-0.4, -0.2) is 4.98 Å². The number of nitrogens with zero attached hydrogens (tertiary/aromatic N) is 2. The number of aromatic nitrogens is 2. The maximum absolute atomic E-state index is 12.9. The van der Waals surface area contributed by atoms with Crippen molar-refractivity contribution < 1.29 is 22.3 Å². The fraction of sp³-hybridized carbons (Fsp3) is 0.143. The Morgan fingerprint density at radius 1 is 1.27 bits per heavy atom. The predicted molar refractivity (Wildman–Crippen MR) is 73.0 cm³/mol. The zero-order valence-electron chi connectivity index (χ0n) is 10.9. The Balaban J connectivity index is 2.39. The monoisotopic (exact) mass is 328 g/mol. The molecule has 4 nitrogen and oxygen atoms in total. The summed E-state index contributed by atoms with van der Waals surface area (Å²) < 4.78 is 44.2. The van der Waals surface area contributed by atoms with Crippen LogP contribution >= 0.6 is 11.6 Å². The molecule has 0 unspecified atom stereocenters. The molecule has 0 bridgehead atoms. The number of hydrogen-bond donors (Lipinski definition) is 0. The van der Waals surface area contributed by atoms with E-state index in [1.165, 1.54) is 24.5 Å². The van der Waals surface area contributed by atoms with E-state index in [0.29, 0.717) is 4.73 Å². The van der Waals surface area contributed by atoms with Gasteiger partial charge in [0.05, 0.1) is 17.2 Å². The molecule has 0 radical (unpaired) electrons.